The summed E-state index contributed by atoms with van der Waals surface area (Å²) in [6.07, 6.45) is 1.35. The number of halogens is 3. The summed E-state index contributed by atoms with van der Waals surface area (Å²) in [7, 11) is -0.0665. The van der Waals surface area contributed by atoms with Crippen LogP contribution in [-0.4, -0.2) is 48.4 Å². The minimum Gasteiger partial charge on any atom is -0.493 e. The molecule has 0 heterocycles. The first-order chi connectivity index (χ1) is 21.5. The summed E-state index contributed by atoms with van der Waals surface area (Å²) in [4.78, 5) is 12.7. The number of carbonyl (C=O) groups is 1. The lowest BCUT2D eigenvalue weighted by atomic mass is 10.2. The predicted molar refractivity (Wildman–Crippen MR) is 170 cm³/mol. The van der Waals surface area contributed by atoms with Gasteiger partial charge in [0.15, 0.2) is 23.0 Å². The molecule has 14 heteroatoms. The van der Waals surface area contributed by atoms with Crippen LogP contribution in [0.25, 0.3) is 0 Å². The van der Waals surface area contributed by atoms with Crippen molar-refractivity contribution in [1.82, 2.24) is 5.43 Å². The molecule has 236 valence electrons. The number of amides is 1. The average Bonchev–Trinajstić information content (AvgIpc) is 3.03. The fourth-order valence-corrected chi connectivity index (χ4v) is 5.95. The second kappa shape index (κ2) is 15.0. The molecule has 0 saturated heterocycles. The van der Waals surface area contributed by atoms with Gasteiger partial charge in [0.05, 0.1) is 38.1 Å². The molecule has 4 rings (SSSR count). The Kier molecular flexibility index (Phi) is 11.1. The van der Waals surface area contributed by atoms with E-state index >= 15 is 0 Å². The topological polar surface area (TPSA) is 116 Å². The molecule has 0 saturated carbocycles. The van der Waals surface area contributed by atoms with E-state index in [-0.39, 0.29) is 22.9 Å². The molecule has 0 unspecified atom stereocenters. The van der Waals surface area contributed by atoms with Crippen LogP contribution in [0.5, 0.6) is 23.0 Å². The number of hydrogen-bond acceptors (Lipinski definition) is 8. The molecule has 0 aliphatic rings. The third-order valence-electron chi connectivity index (χ3n) is 6.33. The van der Waals surface area contributed by atoms with Crippen LogP contribution in [0.15, 0.2) is 88.9 Å². The number of anilines is 1. The summed E-state index contributed by atoms with van der Waals surface area (Å²) >= 11 is 12.2. The lowest BCUT2D eigenvalue weighted by Gasteiger charge is -2.24. The number of nitrogens with zero attached hydrogens (tertiary/aromatic N) is 2. The molecule has 0 radical (unpaired) electrons. The van der Waals surface area contributed by atoms with Crippen LogP contribution in [0.1, 0.15) is 11.1 Å². The minimum atomic E-state index is -4.32. The molecule has 0 aliphatic heterocycles. The van der Waals surface area contributed by atoms with Crippen molar-refractivity contribution in [2.24, 2.45) is 5.10 Å². The highest BCUT2D eigenvalue weighted by molar-refractivity contribution is 7.92. The third kappa shape index (κ3) is 8.35. The first-order valence-corrected chi connectivity index (χ1v) is 15.3. The Morgan fingerprint density at radius 2 is 1.53 bits per heavy atom. The molecular formula is C31H28Cl2FN3O7S. The first-order valence-electron chi connectivity index (χ1n) is 13.1. The lowest BCUT2D eigenvalue weighted by Crippen LogP contribution is -2.39. The van der Waals surface area contributed by atoms with E-state index < -0.39 is 28.3 Å². The first kappa shape index (κ1) is 33.4. The Morgan fingerprint density at radius 3 is 2.20 bits per heavy atom. The standard InChI is InChI=1S/C31H28Cl2FN3O7S/c1-41-27-13-11-25(16-30(27)43-3)45(39,40)37(24-9-7-23(34)8-10-24)18-31(38)36-35-17-20-4-12-28(29(14-20)42-2)44-19-21-5-6-22(32)15-26(21)33/h4-17H,18-19H2,1-3H3,(H,36,38)/b35-17-. The molecule has 0 aliphatic carbocycles. The van der Waals surface area contributed by atoms with Crippen molar-refractivity contribution in [3.05, 3.63) is 106 Å². The quantitative estimate of drug-likeness (QED) is 0.135. The Morgan fingerprint density at radius 1 is 0.867 bits per heavy atom. The fraction of sp³-hybridized carbons (Fsp3) is 0.161. The minimum absolute atomic E-state index is 0.0607. The van der Waals surface area contributed by atoms with E-state index in [0.717, 1.165) is 22.0 Å². The summed E-state index contributed by atoms with van der Waals surface area (Å²) in [5.74, 6) is 0.00787. The number of benzene rings is 4. The smallest absolute Gasteiger partial charge is 0.264 e. The number of hydrazone groups is 1. The van der Waals surface area contributed by atoms with Gasteiger partial charge in [-0.2, -0.15) is 5.10 Å². The van der Waals surface area contributed by atoms with E-state index in [9.17, 15) is 17.6 Å². The number of methoxy groups -OCH3 is 3. The second-order valence-corrected chi connectivity index (χ2v) is 11.9. The SMILES string of the molecule is COc1ccc(S(=O)(=O)N(CC(=O)N/N=C\c2ccc(OCc3ccc(Cl)cc3Cl)c(OC)c2)c2ccc(F)cc2)cc1OC. The summed E-state index contributed by atoms with van der Waals surface area (Å²) in [5, 5.41) is 4.94. The van der Waals surface area contributed by atoms with E-state index in [4.69, 9.17) is 42.1 Å². The van der Waals surface area contributed by atoms with Gasteiger partial charge in [0, 0.05) is 21.7 Å². The third-order valence-corrected chi connectivity index (χ3v) is 8.69. The van der Waals surface area contributed by atoms with Gasteiger partial charge in [0.25, 0.3) is 15.9 Å². The average molecular weight is 677 g/mol. The highest BCUT2D eigenvalue weighted by atomic mass is 35.5. The molecule has 0 spiro atoms. The Bertz CT molecular complexity index is 1810. The maximum Gasteiger partial charge on any atom is 0.264 e. The zero-order valence-electron chi connectivity index (χ0n) is 24.3. The number of ether oxygens (including phenoxy) is 4. The number of hydrogen-bond donors (Lipinski definition) is 1. The zero-order valence-corrected chi connectivity index (χ0v) is 26.6. The number of sulfonamides is 1. The second-order valence-electron chi connectivity index (χ2n) is 9.23. The monoisotopic (exact) mass is 675 g/mol. The van der Waals surface area contributed by atoms with E-state index in [0.29, 0.717) is 32.9 Å². The lowest BCUT2D eigenvalue weighted by molar-refractivity contribution is -0.119. The summed E-state index contributed by atoms with van der Waals surface area (Å²) in [6.45, 7) is -0.490. The molecular weight excluding hydrogens is 648 g/mol. The molecule has 0 bridgehead atoms. The van der Waals surface area contributed by atoms with Crippen LogP contribution >= 0.6 is 23.2 Å². The van der Waals surface area contributed by atoms with Crippen molar-refractivity contribution in [3.8, 4) is 23.0 Å². The molecule has 4 aromatic rings. The van der Waals surface area contributed by atoms with Crippen LogP contribution in [0, 0.1) is 5.82 Å². The van der Waals surface area contributed by atoms with Crippen LogP contribution in [0.2, 0.25) is 10.0 Å². The van der Waals surface area contributed by atoms with E-state index in [1.165, 1.54) is 57.9 Å². The molecule has 0 aromatic heterocycles. The number of nitrogens with one attached hydrogen (secondary N) is 1. The van der Waals surface area contributed by atoms with Gasteiger partial charge in [0.1, 0.15) is 19.0 Å². The van der Waals surface area contributed by atoms with Gasteiger partial charge >= 0.3 is 0 Å². The summed E-state index contributed by atoms with van der Waals surface area (Å²) in [6, 6.07) is 18.8. The van der Waals surface area contributed by atoms with Gasteiger partial charge in [-0.15, -0.1) is 0 Å². The van der Waals surface area contributed by atoms with Crippen molar-refractivity contribution >= 4 is 51.0 Å². The normalized spacial score (nSPS) is 11.2. The molecule has 1 N–H and O–H groups in total. The van der Waals surface area contributed by atoms with Gasteiger partial charge in [-0.3, -0.25) is 9.10 Å². The Labute approximate surface area is 269 Å². The molecule has 1 amide bonds. The van der Waals surface area contributed by atoms with Gasteiger partial charge in [-0.25, -0.2) is 18.2 Å². The number of rotatable bonds is 13. The van der Waals surface area contributed by atoms with Crippen molar-refractivity contribution in [1.29, 1.82) is 0 Å². The van der Waals surface area contributed by atoms with E-state index in [1.54, 1.807) is 36.4 Å². The van der Waals surface area contributed by atoms with Gasteiger partial charge < -0.3 is 18.9 Å². The van der Waals surface area contributed by atoms with Crippen molar-refractivity contribution in [2.75, 3.05) is 32.2 Å². The highest BCUT2D eigenvalue weighted by Crippen LogP contribution is 2.33. The summed E-state index contributed by atoms with van der Waals surface area (Å²) < 4.78 is 63.5. The maximum absolute atomic E-state index is 13.7. The van der Waals surface area contributed by atoms with Crippen molar-refractivity contribution < 1.29 is 36.6 Å². The predicted octanol–water partition coefficient (Wildman–Crippen LogP) is 6.08. The molecule has 45 heavy (non-hydrogen) atoms. The van der Waals surface area contributed by atoms with Crippen LogP contribution < -0.4 is 28.7 Å². The Balaban J connectivity index is 1.49. The van der Waals surface area contributed by atoms with E-state index in [2.05, 4.69) is 10.5 Å². The van der Waals surface area contributed by atoms with Gasteiger partial charge in [0.2, 0.25) is 0 Å². The molecule has 0 atom stereocenters. The maximum atomic E-state index is 13.7. The summed E-state index contributed by atoms with van der Waals surface area (Å²) in [5.41, 5.74) is 3.67. The van der Waals surface area contributed by atoms with Crippen LogP contribution in [-0.2, 0) is 21.4 Å². The van der Waals surface area contributed by atoms with Gasteiger partial charge in [-0.1, -0.05) is 29.3 Å². The zero-order chi connectivity index (χ0) is 32.6. The van der Waals surface area contributed by atoms with Crippen molar-refractivity contribution in [2.45, 2.75) is 11.5 Å². The fourth-order valence-electron chi connectivity index (χ4n) is 4.05. The van der Waals surface area contributed by atoms with Crippen LogP contribution in [0.4, 0.5) is 10.1 Å². The van der Waals surface area contributed by atoms with Crippen molar-refractivity contribution in [3.63, 3.8) is 0 Å². The van der Waals surface area contributed by atoms with Crippen LogP contribution in [0.3, 0.4) is 0 Å². The highest BCUT2D eigenvalue weighted by Gasteiger charge is 2.28. The van der Waals surface area contributed by atoms with Gasteiger partial charge in [-0.05, 0) is 72.3 Å². The Hall–Kier alpha value is -4.52. The largest absolute Gasteiger partial charge is 0.493 e. The van der Waals surface area contributed by atoms with E-state index in [1.807, 2.05) is 0 Å². The molecule has 0 fully saturated rings. The molecule has 10 nitrogen and oxygen atoms in total. The number of carbonyl (C=O) groups excluding carboxylic acids is 1. The molecule has 4 aromatic carbocycles.